The van der Waals surface area contributed by atoms with Gasteiger partial charge in [-0.1, -0.05) is 19.7 Å². The van der Waals surface area contributed by atoms with Crippen LogP contribution in [-0.2, 0) is 68.4 Å². The highest BCUT2D eigenvalue weighted by molar-refractivity contribution is 6.81. The topological polar surface area (TPSA) is 162 Å². The molecule has 0 aliphatic rings. The van der Waals surface area contributed by atoms with Crippen molar-refractivity contribution in [3.8, 4) is 0 Å². The van der Waals surface area contributed by atoms with Gasteiger partial charge in [-0.05, 0) is 198 Å². The van der Waals surface area contributed by atoms with Crippen LogP contribution in [0, 0.1) is 0 Å². The zero-order chi connectivity index (χ0) is 58.4. The molecule has 0 aromatic rings. The summed E-state index contributed by atoms with van der Waals surface area (Å²) >= 11 is 0. The molecule has 3 atom stereocenters. The Hall–Kier alpha value is -0.561. The van der Waals surface area contributed by atoms with E-state index in [1.807, 2.05) is 0 Å². The van der Waals surface area contributed by atoms with Crippen LogP contribution < -0.4 is 0 Å². The predicted octanol–water partition coefficient (Wildman–Crippen LogP) is 12.0. The summed E-state index contributed by atoms with van der Waals surface area (Å²) in [4.78, 5) is 41.8. The Balaban J connectivity index is 11.6. The van der Waals surface area contributed by atoms with Crippen molar-refractivity contribution >= 4 is 102 Å². The van der Waals surface area contributed by atoms with E-state index in [1.54, 1.807) is 20.8 Å². The predicted molar refractivity (Wildman–Crippen MR) is 324 cm³/mol. The maximum Gasteiger partial charge on any atom is 0.333 e. The second-order valence-corrected chi connectivity index (χ2v) is 71.4. The van der Waals surface area contributed by atoms with Gasteiger partial charge < -0.3 is 54.0 Å². The Labute approximate surface area is 455 Å². The third-order valence-electron chi connectivity index (χ3n) is 8.98. The number of carbonyl (C=O) groups is 3. The SMILES string of the molecule is C=C(C)C(=O)OCC(O[Si](C)(C)C)C(O[Si](C)(C)C)(O[Si](C)(C)C)[SiH](C(O[Si](C)(C)C)(O[Si](C)(C)C)C(COC(=O)C(=C)C)O[Si](C)(C)C)C(O[Si](C)(C)C)(O[Si](C)(C)C)C(COC(=O)C(=C)C)O[Si](C)(C)C. The molecule has 428 valence electrons. The summed E-state index contributed by atoms with van der Waals surface area (Å²) < 4.78 is 90.5. The zero-order valence-corrected chi connectivity index (χ0v) is 61.8. The van der Waals surface area contributed by atoms with Gasteiger partial charge in [0.15, 0.2) is 91.1 Å². The highest BCUT2D eigenvalue weighted by Gasteiger charge is 2.77. The summed E-state index contributed by atoms with van der Waals surface area (Å²) in [6.45, 7) is 71.3. The molecule has 0 aliphatic heterocycles. The first kappa shape index (κ1) is 72.4. The van der Waals surface area contributed by atoms with Gasteiger partial charge in [0.25, 0.3) is 8.80 Å². The van der Waals surface area contributed by atoms with Gasteiger partial charge in [-0.3, -0.25) is 0 Å². The number of hydrogen-bond donors (Lipinski definition) is 0. The van der Waals surface area contributed by atoms with Crippen molar-refractivity contribution in [2.24, 2.45) is 0 Å². The van der Waals surface area contributed by atoms with Gasteiger partial charge in [0.2, 0.25) is 0 Å². The van der Waals surface area contributed by atoms with Gasteiger partial charge in [0, 0.05) is 16.7 Å². The molecule has 0 N–H and O–H groups in total. The highest BCUT2D eigenvalue weighted by atomic mass is 28.4. The third kappa shape index (κ3) is 26.8. The van der Waals surface area contributed by atoms with Crippen LogP contribution in [0.5, 0.6) is 0 Å². The Morgan fingerprint density at radius 2 is 0.479 bits per heavy atom. The lowest BCUT2D eigenvalue weighted by Gasteiger charge is -2.65. The first-order chi connectivity index (χ1) is 31.9. The molecule has 0 rings (SSSR count). The smallest absolute Gasteiger partial charge is 0.333 e. The van der Waals surface area contributed by atoms with E-state index >= 15 is 0 Å². The molecule has 0 fully saturated rings. The van der Waals surface area contributed by atoms with Gasteiger partial charge in [-0.25, -0.2) is 14.4 Å². The fourth-order valence-corrected chi connectivity index (χ4v) is 31.1. The number of esters is 3. The molecule has 3 unspecified atom stereocenters. The van der Waals surface area contributed by atoms with Crippen LogP contribution in [0.15, 0.2) is 36.5 Å². The van der Waals surface area contributed by atoms with Crippen molar-refractivity contribution in [1.29, 1.82) is 0 Å². The van der Waals surface area contributed by atoms with Crippen molar-refractivity contribution in [2.75, 3.05) is 19.8 Å². The molecular formula is C48H106O15Si10. The van der Waals surface area contributed by atoms with Crippen molar-refractivity contribution in [2.45, 2.75) is 232 Å². The summed E-state index contributed by atoms with van der Waals surface area (Å²) in [6.07, 6.45) is -3.71. The van der Waals surface area contributed by atoms with E-state index in [4.69, 9.17) is 54.0 Å². The Morgan fingerprint density at radius 3 is 0.589 bits per heavy atom. The molecule has 0 saturated carbocycles. The lowest BCUT2D eigenvalue weighted by atomic mass is 10.3. The average Bonchev–Trinajstić information content (AvgIpc) is 3.06. The molecule has 0 amide bonds. The number of hydrogen-bond acceptors (Lipinski definition) is 15. The highest BCUT2D eigenvalue weighted by Crippen LogP contribution is 2.52. The molecule has 0 radical (unpaired) electrons. The minimum absolute atomic E-state index is 0.186. The van der Waals surface area contributed by atoms with Crippen molar-refractivity contribution in [1.82, 2.24) is 0 Å². The summed E-state index contributed by atoms with van der Waals surface area (Å²) in [5.74, 6) is -1.91. The fourth-order valence-electron chi connectivity index (χ4n) is 7.88. The monoisotopic (exact) mass is 1200 g/mol. The molecular weight excluding hydrogens is 1100 g/mol. The molecule has 15 nitrogen and oxygen atoms in total. The molecule has 0 aliphatic carbocycles. The fraction of sp³-hybridized carbons (Fsp3) is 0.812. The summed E-state index contributed by atoms with van der Waals surface area (Å²) in [5.41, 5.74) is -5.56. The van der Waals surface area contributed by atoms with Gasteiger partial charge >= 0.3 is 17.9 Å². The largest absolute Gasteiger partial charge is 0.459 e. The van der Waals surface area contributed by atoms with Crippen LogP contribution >= 0.6 is 0 Å². The molecule has 0 aromatic carbocycles. The van der Waals surface area contributed by atoms with Gasteiger partial charge in [0.1, 0.15) is 38.1 Å². The zero-order valence-electron chi connectivity index (χ0n) is 51.7. The van der Waals surface area contributed by atoms with Crippen LogP contribution in [0.2, 0.25) is 177 Å². The molecule has 73 heavy (non-hydrogen) atoms. The molecule has 25 heteroatoms. The average molecular weight is 1200 g/mol. The van der Waals surface area contributed by atoms with Crippen LogP contribution in [0.4, 0.5) is 0 Å². The van der Waals surface area contributed by atoms with E-state index in [0.29, 0.717) is 0 Å². The lowest BCUT2D eigenvalue weighted by molar-refractivity contribution is -0.224. The van der Waals surface area contributed by atoms with E-state index in [1.165, 1.54) is 0 Å². The second-order valence-electron chi connectivity index (χ2n) is 28.2. The van der Waals surface area contributed by atoms with Gasteiger partial charge in [0.05, 0.1) is 0 Å². The molecule has 0 bridgehead atoms. The van der Waals surface area contributed by atoms with Crippen LogP contribution in [0.1, 0.15) is 20.8 Å². The molecule has 0 saturated heterocycles. The first-order valence-electron chi connectivity index (χ1n) is 25.6. The first-order valence-corrected chi connectivity index (χ1v) is 58.0. The minimum Gasteiger partial charge on any atom is -0.459 e. The van der Waals surface area contributed by atoms with Crippen molar-refractivity contribution in [3.05, 3.63) is 36.5 Å². The summed E-state index contributed by atoms with van der Waals surface area (Å²) in [5, 5.41) is 0. The number of carbonyl (C=O) groups excluding carboxylic acids is 3. The van der Waals surface area contributed by atoms with Gasteiger partial charge in [-0.2, -0.15) is 0 Å². The Bertz CT molecular complexity index is 1630. The lowest BCUT2D eigenvalue weighted by Crippen LogP contribution is -2.89. The standard InChI is InChI=1S/C48H106O15Si10/c1-37(2)43(49)52-34-40(55-65(7,8)9)46(58-68(16,17)18,59-69(19,20)21)64(47(60-70(22,23)24,61-71(25,26)27)41(56-66(10,11)12)35-53-44(50)38(3)4)48(62-72(28,29)30,63-73(31,32)33)42(57-67(13,14)15)36-54-45(51)39(5)6/h40-42,64H,1,3,5,34-36H2,2,4,6-33H3. The number of ether oxygens (including phenoxy) is 3. The minimum atomic E-state index is -4.36. The maximum absolute atomic E-state index is 13.9. The normalized spacial score (nSPS) is 16.0. The van der Waals surface area contributed by atoms with E-state index in [9.17, 15) is 14.4 Å². The van der Waals surface area contributed by atoms with E-state index < -0.39 is 136 Å². The maximum atomic E-state index is 13.9. The van der Waals surface area contributed by atoms with Gasteiger partial charge in [-0.15, -0.1) is 0 Å². The van der Waals surface area contributed by atoms with Crippen molar-refractivity contribution in [3.63, 3.8) is 0 Å². The third-order valence-corrected chi connectivity index (χ3v) is 23.2. The number of rotatable bonds is 33. The van der Waals surface area contributed by atoms with E-state index in [-0.39, 0.29) is 36.5 Å². The summed E-state index contributed by atoms with van der Waals surface area (Å²) in [6, 6.07) is 0. The Kier molecular flexibility index (Phi) is 25.9. The molecule has 0 spiro atoms. The quantitative estimate of drug-likeness (QED) is 0.0200. The van der Waals surface area contributed by atoms with E-state index in [2.05, 4.69) is 197 Å². The summed E-state index contributed by atoms with van der Waals surface area (Å²) in [7, 11) is -31.1. The Morgan fingerprint density at radius 1 is 0.329 bits per heavy atom. The molecule has 0 heterocycles. The second kappa shape index (κ2) is 26.1. The van der Waals surface area contributed by atoms with E-state index in [0.717, 1.165) is 0 Å². The van der Waals surface area contributed by atoms with Crippen LogP contribution in [0.25, 0.3) is 0 Å². The molecule has 0 aromatic heterocycles. The van der Waals surface area contributed by atoms with Crippen molar-refractivity contribution < 1.29 is 68.4 Å². The van der Waals surface area contributed by atoms with Crippen LogP contribution in [-0.4, -0.2) is 156 Å². The van der Waals surface area contributed by atoms with Crippen LogP contribution in [0.3, 0.4) is 0 Å².